The lowest BCUT2D eigenvalue weighted by Crippen LogP contribution is -2.16. The Labute approximate surface area is 87.6 Å². The molecule has 0 saturated carbocycles. The van der Waals surface area contributed by atoms with Gasteiger partial charge in [0.15, 0.2) is 0 Å². The Kier molecular flexibility index (Phi) is 4.30. The maximum atomic E-state index is 10.3. The smallest absolute Gasteiger partial charge is 0.338 e. The van der Waals surface area contributed by atoms with Gasteiger partial charge in [-0.15, -0.1) is 0 Å². The average molecular weight is 258 g/mol. The standard InChI is InChI=1S/C4HCl5O2/c5-2(6)1(3(10)11)4(7,8)9/h(H,10,11). The summed E-state index contributed by atoms with van der Waals surface area (Å²) in [5.74, 6) is -1.47. The average Bonchev–Trinajstić information content (AvgIpc) is 1.54. The molecule has 0 rings (SSSR count). The monoisotopic (exact) mass is 256 g/mol. The van der Waals surface area contributed by atoms with E-state index in [1.54, 1.807) is 0 Å². The van der Waals surface area contributed by atoms with E-state index in [2.05, 4.69) is 0 Å². The number of carbonyl (C=O) groups is 1. The van der Waals surface area contributed by atoms with E-state index in [1.165, 1.54) is 0 Å². The first kappa shape index (κ1) is 11.7. The molecule has 0 aliphatic heterocycles. The second-order valence-electron chi connectivity index (χ2n) is 1.44. The van der Waals surface area contributed by atoms with E-state index in [0.717, 1.165) is 0 Å². The summed E-state index contributed by atoms with van der Waals surface area (Å²) < 4.78 is -2.68. The van der Waals surface area contributed by atoms with Crippen molar-refractivity contribution in [2.75, 3.05) is 0 Å². The summed E-state index contributed by atoms with van der Waals surface area (Å²) >= 11 is 25.9. The van der Waals surface area contributed by atoms with Crippen LogP contribution in [0.4, 0.5) is 0 Å². The number of rotatable bonds is 1. The molecule has 0 aromatic rings. The number of carboxylic acid groups (broad SMARTS) is 1. The van der Waals surface area contributed by atoms with Gasteiger partial charge < -0.3 is 5.11 Å². The van der Waals surface area contributed by atoms with Crippen molar-refractivity contribution in [3.8, 4) is 0 Å². The molecule has 0 unspecified atom stereocenters. The summed E-state index contributed by atoms with van der Waals surface area (Å²) in [6.07, 6.45) is 0. The summed E-state index contributed by atoms with van der Waals surface area (Å²) in [5.41, 5.74) is -0.661. The summed E-state index contributed by atoms with van der Waals surface area (Å²) in [7, 11) is 0. The van der Waals surface area contributed by atoms with Crippen LogP contribution in [0, 0.1) is 0 Å². The SMILES string of the molecule is O=C(O)C(=C(Cl)Cl)C(Cl)(Cl)Cl. The van der Waals surface area contributed by atoms with Crippen LogP contribution in [0.1, 0.15) is 0 Å². The van der Waals surface area contributed by atoms with Crippen LogP contribution < -0.4 is 0 Å². The Hall–Kier alpha value is 0.660. The molecular weight excluding hydrogens is 257 g/mol. The zero-order valence-electron chi connectivity index (χ0n) is 4.75. The number of hydrogen-bond acceptors (Lipinski definition) is 1. The first-order valence-corrected chi connectivity index (χ1v) is 4.01. The molecule has 0 aromatic carbocycles. The fraction of sp³-hybridized carbons (Fsp3) is 0.250. The molecular formula is C4HCl5O2. The zero-order valence-corrected chi connectivity index (χ0v) is 8.52. The first-order chi connectivity index (χ1) is 4.76. The lowest BCUT2D eigenvalue weighted by Gasteiger charge is -2.10. The van der Waals surface area contributed by atoms with E-state index in [1.807, 2.05) is 0 Å². The van der Waals surface area contributed by atoms with E-state index in [4.69, 9.17) is 63.1 Å². The van der Waals surface area contributed by atoms with E-state index < -0.39 is 19.8 Å². The second kappa shape index (κ2) is 4.06. The van der Waals surface area contributed by atoms with Crippen molar-refractivity contribution in [3.05, 3.63) is 10.1 Å². The van der Waals surface area contributed by atoms with Gasteiger partial charge in [-0.3, -0.25) is 0 Å². The van der Waals surface area contributed by atoms with Crippen molar-refractivity contribution in [1.29, 1.82) is 0 Å². The molecule has 0 atom stereocenters. The summed E-state index contributed by atoms with van der Waals surface area (Å²) in [6, 6.07) is 0. The van der Waals surface area contributed by atoms with Crippen molar-refractivity contribution < 1.29 is 9.90 Å². The summed E-state index contributed by atoms with van der Waals surface area (Å²) in [6.45, 7) is 0. The van der Waals surface area contributed by atoms with Crippen LogP contribution in [0.3, 0.4) is 0 Å². The van der Waals surface area contributed by atoms with Gasteiger partial charge in [0.2, 0.25) is 3.79 Å². The summed E-state index contributed by atoms with van der Waals surface area (Å²) in [5, 5.41) is 8.40. The molecule has 0 aromatic heterocycles. The quantitative estimate of drug-likeness (QED) is 0.579. The minimum Gasteiger partial charge on any atom is -0.478 e. The molecule has 0 bridgehead atoms. The summed E-state index contributed by atoms with van der Waals surface area (Å²) in [4.78, 5) is 10.3. The van der Waals surface area contributed by atoms with Gasteiger partial charge in [0, 0.05) is 0 Å². The van der Waals surface area contributed by atoms with Crippen LogP contribution in [-0.2, 0) is 4.79 Å². The molecule has 0 saturated heterocycles. The molecule has 0 aliphatic carbocycles. The fourth-order valence-corrected chi connectivity index (χ4v) is 1.57. The van der Waals surface area contributed by atoms with Crippen LogP contribution >= 0.6 is 58.0 Å². The van der Waals surface area contributed by atoms with Crippen LogP contribution in [0.5, 0.6) is 0 Å². The maximum Gasteiger partial charge on any atom is 0.338 e. The third-order valence-electron chi connectivity index (χ3n) is 0.686. The van der Waals surface area contributed by atoms with E-state index in [0.29, 0.717) is 0 Å². The van der Waals surface area contributed by atoms with Gasteiger partial charge in [-0.05, 0) is 0 Å². The molecule has 1 N–H and O–H groups in total. The second-order valence-corrected chi connectivity index (χ2v) is 4.67. The highest BCUT2D eigenvalue weighted by Gasteiger charge is 2.34. The van der Waals surface area contributed by atoms with E-state index >= 15 is 0 Å². The van der Waals surface area contributed by atoms with Crippen LogP contribution in [0.2, 0.25) is 0 Å². The van der Waals surface area contributed by atoms with E-state index in [9.17, 15) is 4.79 Å². The first-order valence-electron chi connectivity index (χ1n) is 2.12. The van der Waals surface area contributed by atoms with Crippen molar-refractivity contribution in [3.63, 3.8) is 0 Å². The minimum absolute atomic E-state index is 0.572. The highest BCUT2D eigenvalue weighted by atomic mass is 35.6. The highest BCUT2D eigenvalue weighted by molar-refractivity contribution is 6.72. The minimum atomic E-state index is -2.11. The molecule has 2 nitrogen and oxygen atoms in total. The number of aliphatic carboxylic acids is 1. The topological polar surface area (TPSA) is 37.3 Å². The third kappa shape index (κ3) is 3.72. The van der Waals surface area contributed by atoms with Crippen LogP contribution in [-0.4, -0.2) is 14.9 Å². The Balaban J connectivity index is 4.96. The third-order valence-corrected chi connectivity index (χ3v) is 1.63. The lowest BCUT2D eigenvalue weighted by molar-refractivity contribution is -0.132. The predicted octanol–water partition coefficient (Wildman–Crippen LogP) is 3.13. The van der Waals surface area contributed by atoms with Crippen molar-refractivity contribution >= 4 is 64.0 Å². The molecule has 7 heteroatoms. The number of hydrogen-bond donors (Lipinski definition) is 1. The number of alkyl halides is 3. The largest absolute Gasteiger partial charge is 0.478 e. The Morgan fingerprint density at radius 1 is 1.18 bits per heavy atom. The molecule has 11 heavy (non-hydrogen) atoms. The Morgan fingerprint density at radius 3 is 1.55 bits per heavy atom. The molecule has 0 spiro atoms. The normalized spacial score (nSPS) is 11.0. The van der Waals surface area contributed by atoms with Gasteiger partial charge in [0.1, 0.15) is 10.1 Å². The molecule has 64 valence electrons. The van der Waals surface area contributed by atoms with Crippen LogP contribution in [0.25, 0.3) is 0 Å². The zero-order chi connectivity index (χ0) is 9.23. The fourth-order valence-electron chi connectivity index (χ4n) is 0.309. The molecule has 0 aliphatic rings. The van der Waals surface area contributed by atoms with Gasteiger partial charge in [-0.25, -0.2) is 4.79 Å². The number of halogens is 5. The number of carboxylic acids is 1. The predicted molar refractivity (Wildman–Crippen MR) is 46.7 cm³/mol. The molecule has 0 amide bonds. The molecule has 0 fully saturated rings. The van der Waals surface area contributed by atoms with Gasteiger partial charge in [-0.2, -0.15) is 0 Å². The highest BCUT2D eigenvalue weighted by Crippen LogP contribution is 2.38. The van der Waals surface area contributed by atoms with Gasteiger partial charge >= 0.3 is 5.97 Å². The maximum absolute atomic E-state index is 10.3. The van der Waals surface area contributed by atoms with Crippen molar-refractivity contribution in [2.45, 2.75) is 3.79 Å². The van der Waals surface area contributed by atoms with Gasteiger partial charge in [-0.1, -0.05) is 58.0 Å². The molecule has 0 radical (unpaired) electrons. The van der Waals surface area contributed by atoms with Crippen molar-refractivity contribution in [1.82, 2.24) is 0 Å². The van der Waals surface area contributed by atoms with E-state index in [-0.39, 0.29) is 0 Å². The van der Waals surface area contributed by atoms with Gasteiger partial charge in [0.05, 0.1) is 0 Å². The van der Waals surface area contributed by atoms with Gasteiger partial charge in [0.25, 0.3) is 0 Å². The van der Waals surface area contributed by atoms with Crippen LogP contribution in [0.15, 0.2) is 10.1 Å². The molecule has 0 heterocycles. The lowest BCUT2D eigenvalue weighted by atomic mass is 10.3. The van der Waals surface area contributed by atoms with Crippen molar-refractivity contribution in [2.24, 2.45) is 0 Å². The Morgan fingerprint density at radius 2 is 1.55 bits per heavy atom. The Bertz CT molecular complexity index is 199.